The van der Waals surface area contributed by atoms with E-state index in [1.807, 2.05) is 6.92 Å². The summed E-state index contributed by atoms with van der Waals surface area (Å²) in [5.41, 5.74) is 0. The Hall–Kier alpha value is -0.610. The highest BCUT2D eigenvalue weighted by Crippen LogP contribution is 2.08. The average molecular weight is 214 g/mol. The van der Waals surface area contributed by atoms with Gasteiger partial charge in [0.1, 0.15) is 6.10 Å². The summed E-state index contributed by atoms with van der Waals surface area (Å²) in [6.45, 7) is 7.40. The molecule has 15 heavy (non-hydrogen) atoms. The van der Waals surface area contributed by atoms with Crippen molar-refractivity contribution < 1.29 is 9.53 Å². The van der Waals surface area contributed by atoms with Gasteiger partial charge in [-0.05, 0) is 40.2 Å². The van der Waals surface area contributed by atoms with Crippen molar-refractivity contribution >= 4 is 5.91 Å². The second kappa shape index (κ2) is 6.08. The first kappa shape index (κ1) is 12.5. The Labute approximate surface area is 91.8 Å². The molecule has 3 unspecified atom stereocenters. The normalized spacial score (nSPS) is 28.5. The first-order chi connectivity index (χ1) is 7.13. The minimum absolute atomic E-state index is 0.0101. The molecule has 0 aromatic rings. The van der Waals surface area contributed by atoms with Gasteiger partial charge < -0.3 is 15.4 Å². The quantitative estimate of drug-likeness (QED) is 0.723. The molecule has 2 N–H and O–H groups in total. The van der Waals surface area contributed by atoms with Crippen LogP contribution in [0.3, 0.4) is 0 Å². The van der Waals surface area contributed by atoms with E-state index in [-0.39, 0.29) is 12.0 Å². The molecule has 1 heterocycles. The van der Waals surface area contributed by atoms with Gasteiger partial charge in [-0.3, -0.25) is 4.79 Å². The number of carbonyl (C=O) groups is 1. The lowest BCUT2D eigenvalue weighted by Gasteiger charge is -2.29. The Kier molecular flexibility index (Phi) is 5.05. The number of piperidine rings is 1. The van der Waals surface area contributed by atoms with Crippen molar-refractivity contribution in [2.24, 2.45) is 0 Å². The van der Waals surface area contributed by atoms with Crippen molar-refractivity contribution in [2.75, 3.05) is 13.2 Å². The van der Waals surface area contributed by atoms with E-state index in [4.69, 9.17) is 4.74 Å². The maximum absolute atomic E-state index is 11.7. The van der Waals surface area contributed by atoms with Gasteiger partial charge in [0.2, 0.25) is 5.91 Å². The largest absolute Gasteiger partial charge is 0.369 e. The zero-order valence-corrected chi connectivity index (χ0v) is 9.88. The van der Waals surface area contributed by atoms with Crippen molar-refractivity contribution in [3.8, 4) is 0 Å². The van der Waals surface area contributed by atoms with Crippen LogP contribution in [-0.2, 0) is 9.53 Å². The van der Waals surface area contributed by atoms with Gasteiger partial charge in [0.25, 0.3) is 0 Å². The molecular weight excluding hydrogens is 192 g/mol. The molecule has 1 aliphatic rings. The molecule has 0 aliphatic carbocycles. The zero-order valence-electron chi connectivity index (χ0n) is 9.88. The van der Waals surface area contributed by atoms with E-state index in [0.717, 1.165) is 19.4 Å². The molecule has 1 saturated heterocycles. The molecule has 3 atom stereocenters. The van der Waals surface area contributed by atoms with Crippen LogP contribution in [0.5, 0.6) is 0 Å². The van der Waals surface area contributed by atoms with E-state index in [9.17, 15) is 4.79 Å². The number of hydrogen-bond acceptors (Lipinski definition) is 3. The molecule has 1 fully saturated rings. The fraction of sp³-hybridized carbons (Fsp3) is 0.909. The molecule has 0 aromatic carbocycles. The van der Waals surface area contributed by atoms with Crippen molar-refractivity contribution in [1.82, 2.24) is 10.6 Å². The Morgan fingerprint density at radius 3 is 3.00 bits per heavy atom. The topological polar surface area (TPSA) is 50.4 Å². The smallest absolute Gasteiger partial charge is 0.249 e. The van der Waals surface area contributed by atoms with Crippen LogP contribution in [0.4, 0.5) is 0 Å². The Morgan fingerprint density at radius 1 is 1.67 bits per heavy atom. The number of ether oxygens (including phenoxy) is 1. The lowest BCUT2D eigenvalue weighted by molar-refractivity contribution is -0.132. The van der Waals surface area contributed by atoms with Crippen molar-refractivity contribution in [3.63, 3.8) is 0 Å². The van der Waals surface area contributed by atoms with E-state index >= 15 is 0 Å². The molecule has 0 saturated carbocycles. The summed E-state index contributed by atoms with van der Waals surface area (Å²) in [5.74, 6) is 0.0101. The predicted molar refractivity (Wildman–Crippen MR) is 59.7 cm³/mol. The molecule has 1 amide bonds. The van der Waals surface area contributed by atoms with E-state index in [2.05, 4.69) is 17.6 Å². The summed E-state index contributed by atoms with van der Waals surface area (Å²) in [6.07, 6.45) is 1.68. The lowest BCUT2D eigenvalue weighted by Crippen LogP contribution is -2.49. The Bertz CT molecular complexity index is 209. The molecule has 88 valence electrons. The fourth-order valence-electron chi connectivity index (χ4n) is 1.91. The van der Waals surface area contributed by atoms with Crippen LogP contribution in [0.1, 0.15) is 33.6 Å². The van der Waals surface area contributed by atoms with Gasteiger partial charge in [-0.25, -0.2) is 0 Å². The van der Waals surface area contributed by atoms with Crippen LogP contribution in [0.25, 0.3) is 0 Å². The maximum atomic E-state index is 11.7. The molecule has 0 radical (unpaired) electrons. The van der Waals surface area contributed by atoms with Crippen LogP contribution >= 0.6 is 0 Å². The van der Waals surface area contributed by atoms with Crippen LogP contribution in [0.15, 0.2) is 0 Å². The summed E-state index contributed by atoms with van der Waals surface area (Å²) >= 11 is 0. The van der Waals surface area contributed by atoms with Crippen LogP contribution in [-0.4, -0.2) is 37.2 Å². The summed E-state index contributed by atoms with van der Waals surface area (Å²) in [7, 11) is 0. The summed E-state index contributed by atoms with van der Waals surface area (Å²) in [5, 5.41) is 6.39. The van der Waals surface area contributed by atoms with Gasteiger partial charge in [0.15, 0.2) is 0 Å². The number of amides is 1. The molecule has 1 rings (SSSR count). The van der Waals surface area contributed by atoms with Crippen LogP contribution in [0.2, 0.25) is 0 Å². The zero-order chi connectivity index (χ0) is 11.3. The third-order valence-corrected chi connectivity index (χ3v) is 2.76. The molecule has 4 nitrogen and oxygen atoms in total. The van der Waals surface area contributed by atoms with Gasteiger partial charge in [0, 0.05) is 18.7 Å². The summed E-state index contributed by atoms with van der Waals surface area (Å²) in [6, 6.07) is 0.795. The number of nitrogens with one attached hydrogen (secondary N) is 2. The van der Waals surface area contributed by atoms with Gasteiger partial charge in [-0.15, -0.1) is 0 Å². The van der Waals surface area contributed by atoms with Crippen LogP contribution < -0.4 is 10.6 Å². The molecular formula is C11H22N2O2. The highest BCUT2D eigenvalue weighted by molar-refractivity contribution is 5.80. The third-order valence-electron chi connectivity index (χ3n) is 2.76. The number of carbonyl (C=O) groups excluding carboxylic acids is 1. The highest BCUT2D eigenvalue weighted by atomic mass is 16.5. The minimum atomic E-state index is -0.333. The number of rotatable bonds is 4. The standard InChI is InChI=1S/C11H22N2O2/c1-4-15-9(3)11(14)13-10-5-6-12-8(2)7-10/h8-10,12H,4-7H2,1-3H3,(H,13,14). The second-order valence-electron chi connectivity index (χ2n) is 4.18. The van der Waals surface area contributed by atoms with E-state index < -0.39 is 0 Å². The van der Waals surface area contributed by atoms with E-state index in [1.54, 1.807) is 6.92 Å². The molecule has 1 aliphatic heterocycles. The molecule has 0 spiro atoms. The third kappa shape index (κ3) is 4.18. The number of hydrogen-bond donors (Lipinski definition) is 2. The first-order valence-electron chi connectivity index (χ1n) is 5.78. The minimum Gasteiger partial charge on any atom is -0.369 e. The SMILES string of the molecule is CCOC(C)C(=O)NC1CCNC(C)C1. The molecule has 0 bridgehead atoms. The first-order valence-corrected chi connectivity index (χ1v) is 5.78. The Morgan fingerprint density at radius 2 is 2.40 bits per heavy atom. The summed E-state index contributed by atoms with van der Waals surface area (Å²) in [4.78, 5) is 11.7. The lowest BCUT2D eigenvalue weighted by atomic mass is 10.0. The predicted octanol–water partition coefficient (Wildman–Crippen LogP) is 0.668. The van der Waals surface area contributed by atoms with E-state index in [0.29, 0.717) is 18.7 Å². The van der Waals surface area contributed by atoms with Crippen molar-refractivity contribution in [1.29, 1.82) is 0 Å². The second-order valence-corrected chi connectivity index (χ2v) is 4.18. The van der Waals surface area contributed by atoms with Crippen molar-refractivity contribution in [3.05, 3.63) is 0 Å². The van der Waals surface area contributed by atoms with Gasteiger partial charge in [-0.2, -0.15) is 0 Å². The summed E-state index contributed by atoms with van der Waals surface area (Å²) < 4.78 is 5.24. The molecule has 0 aromatic heterocycles. The molecule has 4 heteroatoms. The van der Waals surface area contributed by atoms with Crippen molar-refractivity contribution in [2.45, 2.75) is 51.8 Å². The Balaban J connectivity index is 2.30. The van der Waals surface area contributed by atoms with Gasteiger partial charge in [0.05, 0.1) is 0 Å². The van der Waals surface area contributed by atoms with Gasteiger partial charge >= 0.3 is 0 Å². The fourth-order valence-corrected chi connectivity index (χ4v) is 1.91. The average Bonchev–Trinajstić information content (AvgIpc) is 2.18. The highest BCUT2D eigenvalue weighted by Gasteiger charge is 2.22. The maximum Gasteiger partial charge on any atom is 0.249 e. The van der Waals surface area contributed by atoms with E-state index in [1.165, 1.54) is 0 Å². The van der Waals surface area contributed by atoms with Gasteiger partial charge in [-0.1, -0.05) is 0 Å². The van der Waals surface area contributed by atoms with Crippen LogP contribution in [0, 0.1) is 0 Å². The monoisotopic (exact) mass is 214 g/mol.